The second-order valence-electron chi connectivity index (χ2n) is 3.61. The fraction of sp³-hybridized carbons (Fsp3) is 0.364. The molecule has 0 saturated heterocycles. The van der Waals surface area contributed by atoms with Crippen molar-refractivity contribution in [1.82, 2.24) is 4.90 Å². The van der Waals surface area contributed by atoms with E-state index in [1.54, 1.807) is 0 Å². The molecule has 1 rings (SSSR count). The van der Waals surface area contributed by atoms with Gasteiger partial charge in [0, 0.05) is 18.1 Å². The lowest BCUT2D eigenvalue weighted by Crippen LogP contribution is -2.39. The molecule has 2 amide bonds. The van der Waals surface area contributed by atoms with E-state index in [-0.39, 0.29) is 31.3 Å². The molecule has 0 aliphatic carbocycles. The second kappa shape index (κ2) is 7.22. The van der Waals surface area contributed by atoms with Crippen LogP contribution in [-0.4, -0.2) is 47.4 Å². The monoisotopic (exact) mass is 294 g/mol. The molecule has 0 heterocycles. The number of benzene rings is 1. The zero-order chi connectivity index (χ0) is 14.4. The van der Waals surface area contributed by atoms with Crippen molar-refractivity contribution < 1.29 is 23.8 Å². The third-order valence-corrected chi connectivity index (χ3v) is 2.48. The van der Waals surface area contributed by atoms with E-state index in [0.717, 1.165) is 17.0 Å². The van der Waals surface area contributed by atoms with Crippen LogP contribution in [0.2, 0.25) is 5.02 Å². The summed E-state index contributed by atoms with van der Waals surface area (Å²) >= 11 is 5.45. The molecule has 0 aliphatic heterocycles. The van der Waals surface area contributed by atoms with Crippen LogP contribution in [0.1, 0.15) is 0 Å². The lowest BCUT2D eigenvalue weighted by molar-refractivity contribution is 0.167. The number of anilines is 1. The van der Waals surface area contributed by atoms with Crippen LogP contribution >= 0.6 is 11.6 Å². The molecule has 3 N–H and O–H groups in total. The highest BCUT2D eigenvalue weighted by Gasteiger charge is 2.17. The van der Waals surface area contributed by atoms with E-state index < -0.39 is 23.4 Å². The maximum absolute atomic E-state index is 13.5. The standard InChI is InChI=1S/C11H13ClF2N2O3/c12-7-5-8(13)10(9(14)6-7)15-11(19)16(1-3-17)2-4-18/h5-6,17-18H,1-4H2,(H,15,19). The van der Waals surface area contributed by atoms with Crippen LogP contribution in [0.4, 0.5) is 19.3 Å². The summed E-state index contributed by atoms with van der Waals surface area (Å²) in [5.41, 5.74) is -0.629. The average Bonchev–Trinajstić information content (AvgIpc) is 2.33. The van der Waals surface area contributed by atoms with Gasteiger partial charge in [-0.2, -0.15) is 0 Å². The fourth-order valence-corrected chi connectivity index (χ4v) is 1.60. The van der Waals surface area contributed by atoms with Gasteiger partial charge in [0.05, 0.1) is 13.2 Å². The molecule has 8 heteroatoms. The number of nitrogens with zero attached hydrogens (tertiary/aromatic N) is 1. The van der Waals surface area contributed by atoms with Gasteiger partial charge in [0.1, 0.15) is 5.69 Å². The Labute approximate surface area is 113 Å². The van der Waals surface area contributed by atoms with E-state index >= 15 is 0 Å². The lowest BCUT2D eigenvalue weighted by Gasteiger charge is -2.21. The highest BCUT2D eigenvalue weighted by molar-refractivity contribution is 6.30. The summed E-state index contributed by atoms with van der Waals surface area (Å²) in [5, 5.41) is 19.4. The molecule has 1 aromatic rings. The molecule has 106 valence electrons. The Morgan fingerprint density at radius 1 is 1.21 bits per heavy atom. The minimum atomic E-state index is -1.01. The third kappa shape index (κ3) is 4.30. The molecule has 0 atom stereocenters. The first kappa shape index (κ1) is 15.6. The minimum absolute atomic E-state index is 0.0662. The fourth-order valence-electron chi connectivity index (χ4n) is 1.40. The Balaban J connectivity index is 2.86. The summed E-state index contributed by atoms with van der Waals surface area (Å²) in [5.74, 6) is -2.02. The first-order valence-electron chi connectivity index (χ1n) is 5.41. The van der Waals surface area contributed by atoms with Gasteiger partial charge in [0.25, 0.3) is 0 Å². The van der Waals surface area contributed by atoms with E-state index in [1.807, 2.05) is 5.32 Å². The number of rotatable bonds is 5. The predicted molar refractivity (Wildman–Crippen MR) is 66.1 cm³/mol. The molecule has 0 saturated carbocycles. The molecular formula is C11H13ClF2N2O3. The van der Waals surface area contributed by atoms with Crippen molar-refractivity contribution in [3.8, 4) is 0 Å². The maximum Gasteiger partial charge on any atom is 0.322 e. The number of carbonyl (C=O) groups is 1. The normalized spacial score (nSPS) is 10.4. The van der Waals surface area contributed by atoms with Crippen molar-refractivity contribution in [1.29, 1.82) is 0 Å². The number of aliphatic hydroxyl groups excluding tert-OH is 2. The van der Waals surface area contributed by atoms with Crippen molar-refractivity contribution in [3.63, 3.8) is 0 Å². The number of amides is 2. The first-order chi connectivity index (χ1) is 8.99. The molecule has 0 radical (unpaired) electrons. The van der Waals surface area contributed by atoms with Gasteiger partial charge in [-0.15, -0.1) is 0 Å². The Hall–Kier alpha value is -1.44. The molecule has 5 nitrogen and oxygen atoms in total. The smallest absolute Gasteiger partial charge is 0.322 e. The topological polar surface area (TPSA) is 72.8 Å². The summed E-state index contributed by atoms with van der Waals surface area (Å²) in [6.07, 6.45) is 0. The summed E-state index contributed by atoms with van der Waals surface area (Å²) in [6.45, 7) is -0.801. The molecule has 19 heavy (non-hydrogen) atoms. The van der Waals surface area contributed by atoms with Crippen LogP contribution < -0.4 is 5.32 Å². The van der Waals surface area contributed by atoms with Gasteiger partial charge in [0.2, 0.25) is 0 Å². The molecule has 0 aliphatic rings. The number of aliphatic hydroxyl groups is 2. The van der Waals surface area contributed by atoms with E-state index in [9.17, 15) is 13.6 Å². The van der Waals surface area contributed by atoms with Crippen LogP contribution in [0.5, 0.6) is 0 Å². The van der Waals surface area contributed by atoms with E-state index in [1.165, 1.54) is 0 Å². The number of urea groups is 1. The Kier molecular flexibility index (Phi) is 5.94. The molecule has 0 bridgehead atoms. The summed E-state index contributed by atoms with van der Waals surface area (Å²) in [6, 6.07) is 0.897. The Bertz CT molecular complexity index is 431. The SMILES string of the molecule is O=C(Nc1c(F)cc(Cl)cc1F)N(CCO)CCO. The van der Waals surface area contributed by atoms with Gasteiger partial charge in [-0.1, -0.05) is 11.6 Å². The van der Waals surface area contributed by atoms with Crippen molar-refractivity contribution in [3.05, 3.63) is 28.8 Å². The van der Waals surface area contributed by atoms with Crippen LogP contribution in [0.25, 0.3) is 0 Å². The highest BCUT2D eigenvalue weighted by atomic mass is 35.5. The van der Waals surface area contributed by atoms with E-state index in [0.29, 0.717) is 0 Å². The quantitative estimate of drug-likeness (QED) is 0.769. The average molecular weight is 295 g/mol. The third-order valence-electron chi connectivity index (χ3n) is 2.27. The van der Waals surface area contributed by atoms with Crippen molar-refractivity contribution in [2.75, 3.05) is 31.6 Å². The van der Waals surface area contributed by atoms with Crippen LogP contribution in [-0.2, 0) is 0 Å². The second-order valence-corrected chi connectivity index (χ2v) is 4.05. The van der Waals surface area contributed by atoms with Crippen molar-refractivity contribution in [2.45, 2.75) is 0 Å². The predicted octanol–water partition coefficient (Wildman–Crippen LogP) is 1.44. The van der Waals surface area contributed by atoms with Gasteiger partial charge in [0.15, 0.2) is 11.6 Å². The lowest BCUT2D eigenvalue weighted by atomic mass is 10.3. The van der Waals surface area contributed by atoms with Gasteiger partial charge in [-0.25, -0.2) is 13.6 Å². The molecule has 0 fully saturated rings. The molecule has 0 unspecified atom stereocenters. The van der Waals surface area contributed by atoms with E-state index in [2.05, 4.69) is 0 Å². The first-order valence-corrected chi connectivity index (χ1v) is 5.79. The number of nitrogens with one attached hydrogen (secondary N) is 1. The van der Waals surface area contributed by atoms with Gasteiger partial charge < -0.3 is 20.4 Å². The molecule has 0 spiro atoms. The highest BCUT2D eigenvalue weighted by Crippen LogP contribution is 2.23. The molecule has 0 aromatic heterocycles. The van der Waals surface area contributed by atoms with E-state index in [4.69, 9.17) is 21.8 Å². The van der Waals surface area contributed by atoms with Crippen LogP contribution in [0.15, 0.2) is 12.1 Å². The number of hydrogen-bond donors (Lipinski definition) is 3. The summed E-state index contributed by atoms with van der Waals surface area (Å²) in [7, 11) is 0. The largest absolute Gasteiger partial charge is 0.395 e. The zero-order valence-electron chi connectivity index (χ0n) is 9.87. The van der Waals surface area contributed by atoms with Gasteiger partial charge in [-0.05, 0) is 12.1 Å². The number of hydrogen-bond acceptors (Lipinski definition) is 3. The number of halogens is 3. The van der Waals surface area contributed by atoms with Gasteiger partial charge in [-0.3, -0.25) is 0 Å². The number of carbonyl (C=O) groups excluding carboxylic acids is 1. The summed E-state index contributed by atoms with van der Waals surface area (Å²) < 4.78 is 26.9. The molecular weight excluding hydrogens is 282 g/mol. The molecule has 1 aromatic carbocycles. The van der Waals surface area contributed by atoms with Crippen molar-refractivity contribution in [2.24, 2.45) is 0 Å². The van der Waals surface area contributed by atoms with Crippen LogP contribution in [0.3, 0.4) is 0 Å². The van der Waals surface area contributed by atoms with Crippen molar-refractivity contribution >= 4 is 23.3 Å². The Morgan fingerprint density at radius 2 is 1.68 bits per heavy atom. The zero-order valence-corrected chi connectivity index (χ0v) is 10.6. The Morgan fingerprint density at radius 3 is 2.11 bits per heavy atom. The van der Waals surface area contributed by atoms with Crippen LogP contribution in [0, 0.1) is 11.6 Å². The minimum Gasteiger partial charge on any atom is -0.395 e. The summed E-state index contributed by atoms with van der Waals surface area (Å²) in [4.78, 5) is 12.7. The maximum atomic E-state index is 13.5. The van der Waals surface area contributed by atoms with Gasteiger partial charge >= 0.3 is 6.03 Å².